The van der Waals surface area contributed by atoms with Gasteiger partial charge in [-0.15, -0.1) is 11.8 Å². The molecule has 2 rings (SSSR count). The van der Waals surface area contributed by atoms with Crippen molar-refractivity contribution in [1.82, 2.24) is 4.98 Å². The number of aromatic nitrogens is 1. The number of halogens is 1. The average Bonchev–Trinajstić information content (AvgIpc) is 2.48. The first kappa shape index (κ1) is 15.9. The van der Waals surface area contributed by atoms with Crippen LogP contribution in [0.25, 0.3) is 0 Å². The summed E-state index contributed by atoms with van der Waals surface area (Å²) in [6.07, 6.45) is 3.08. The van der Waals surface area contributed by atoms with Crippen LogP contribution in [-0.2, 0) is 4.79 Å². The monoisotopic (exact) mass is 365 g/mol. The van der Waals surface area contributed by atoms with E-state index in [2.05, 4.69) is 26.2 Å². The number of nitrogens with two attached hydrogens (primary N) is 1. The van der Waals surface area contributed by atoms with Crippen molar-refractivity contribution in [2.24, 2.45) is 0 Å². The molecule has 6 heteroatoms. The summed E-state index contributed by atoms with van der Waals surface area (Å²) >= 11 is 5.00. The van der Waals surface area contributed by atoms with Crippen molar-refractivity contribution >= 4 is 45.0 Å². The van der Waals surface area contributed by atoms with Crippen LogP contribution in [0.4, 0.5) is 11.4 Å². The Labute approximate surface area is 136 Å². The number of nitrogen functional groups attached to an aromatic ring is 1. The number of rotatable bonds is 6. The number of carbonyl (C=O) groups excluding carboxylic acids is 1. The molecule has 0 saturated carbocycles. The van der Waals surface area contributed by atoms with Crippen LogP contribution < -0.4 is 11.1 Å². The summed E-state index contributed by atoms with van der Waals surface area (Å²) in [4.78, 5) is 16.1. The van der Waals surface area contributed by atoms with Crippen LogP contribution in [0.5, 0.6) is 0 Å². The summed E-state index contributed by atoms with van der Waals surface area (Å²) in [6.45, 7) is 0. The number of carbonyl (C=O) groups is 1. The lowest BCUT2D eigenvalue weighted by Gasteiger charge is -2.05. The predicted octanol–water partition coefficient (Wildman–Crippen LogP) is 3.94. The maximum Gasteiger partial charge on any atom is 0.224 e. The van der Waals surface area contributed by atoms with Crippen LogP contribution >= 0.6 is 27.7 Å². The van der Waals surface area contributed by atoms with Gasteiger partial charge < -0.3 is 11.1 Å². The van der Waals surface area contributed by atoms with E-state index in [4.69, 9.17) is 5.73 Å². The second kappa shape index (κ2) is 8.05. The van der Waals surface area contributed by atoms with Crippen molar-refractivity contribution in [3.63, 3.8) is 0 Å². The third-order valence-electron chi connectivity index (χ3n) is 2.69. The Hall–Kier alpha value is -1.53. The molecule has 0 aliphatic carbocycles. The van der Waals surface area contributed by atoms with Gasteiger partial charge in [-0.05, 0) is 64.5 Å². The summed E-state index contributed by atoms with van der Waals surface area (Å²) in [5.41, 5.74) is 7.06. The molecule has 2 aromatic rings. The largest absolute Gasteiger partial charge is 0.399 e. The molecular formula is C15H16BrN3OS. The summed E-state index contributed by atoms with van der Waals surface area (Å²) in [7, 11) is 0. The van der Waals surface area contributed by atoms with Crippen LogP contribution in [-0.4, -0.2) is 16.6 Å². The van der Waals surface area contributed by atoms with Gasteiger partial charge in [0.15, 0.2) is 0 Å². The third-order valence-corrected chi connectivity index (χ3v) is 4.19. The Morgan fingerprint density at radius 1 is 1.24 bits per heavy atom. The van der Waals surface area contributed by atoms with E-state index in [0.717, 1.165) is 27.4 Å². The minimum Gasteiger partial charge on any atom is -0.399 e. The predicted molar refractivity (Wildman–Crippen MR) is 91.4 cm³/mol. The van der Waals surface area contributed by atoms with Crippen molar-refractivity contribution in [3.8, 4) is 0 Å². The Balaban J connectivity index is 1.67. The van der Waals surface area contributed by atoms with E-state index in [1.807, 2.05) is 12.1 Å². The molecule has 1 aromatic carbocycles. The molecule has 0 aliphatic rings. The Morgan fingerprint density at radius 3 is 2.67 bits per heavy atom. The van der Waals surface area contributed by atoms with Crippen LogP contribution in [0, 0.1) is 0 Å². The van der Waals surface area contributed by atoms with E-state index in [0.29, 0.717) is 12.1 Å². The fourth-order valence-corrected chi connectivity index (χ4v) is 2.67. The summed E-state index contributed by atoms with van der Waals surface area (Å²) in [5, 5.41) is 3.82. The topological polar surface area (TPSA) is 68.0 Å². The molecule has 0 spiro atoms. The molecule has 0 saturated heterocycles. The number of hydrogen-bond acceptors (Lipinski definition) is 4. The minimum absolute atomic E-state index is 0.0177. The second-order valence-electron chi connectivity index (χ2n) is 4.44. The van der Waals surface area contributed by atoms with Crippen LogP contribution in [0.3, 0.4) is 0 Å². The number of benzene rings is 1. The van der Waals surface area contributed by atoms with Gasteiger partial charge in [0.25, 0.3) is 0 Å². The quantitative estimate of drug-likeness (QED) is 0.462. The van der Waals surface area contributed by atoms with E-state index >= 15 is 0 Å². The van der Waals surface area contributed by atoms with Crippen LogP contribution in [0.15, 0.2) is 52.1 Å². The molecule has 1 aromatic heterocycles. The van der Waals surface area contributed by atoms with Crippen molar-refractivity contribution in [3.05, 3.63) is 47.1 Å². The fourth-order valence-electron chi connectivity index (χ4n) is 1.65. The number of anilines is 2. The lowest BCUT2D eigenvalue weighted by atomic mass is 10.2. The van der Waals surface area contributed by atoms with E-state index < -0.39 is 0 Å². The molecular weight excluding hydrogens is 350 g/mol. The molecule has 1 amide bonds. The Kier molecular flexibility index (Phi) is 6.07. The first-order chi connectivity index (χ1) is 10.1. The molecule has 0 bridgehead atoms. The van der Waals surface area contributed by atoms with E-state index in [9.17, 15) is 4.79 Å². The molecule has 0 radical (unpaired) electrons. The lowest BCUT2D eigenvalue weighted by molar-refractivity contribution is -0.116. The van der Waals surface area contributed by atoms with Gasteiger partial charge in [0.1, 0.15) is 0 Å². The molecule has 0 aliphatic heterocycles. The fraction of sp³-hybridized carbons (Fsp3) is 0.200. The molecule has 4 nitrogen and oxygen atoms in total. The summed E-state index contributed by atoms with van der Waals surface area (Å²) < 4.78 is 0.967. The maximum absolute atomic E-state index is 11.8. The van der Waals surface area contributed by atoms with Crippen molar-refractivity contribution < 1.29 is 4.79 Å². The second-order valence-corrected chi connectivity index (χ2v) is 6.47. The highest BCUT2D eigenvalue weighted by molar-refractivity contribution is 9.10. The van der Waals surface area contributed by atoms with Gasteiger partial charge in [-0.3, -0.25) is 4.79 Å². The van der Waals surface area contributed by atoms with E-state index in [1.165, 1.54) is 0 Å². The molecule has 0 fully saturated rings. The third kappa shape index (κ3) is 5.77. The molecule has 1 heterocycles. The molecule has 110 valence electrons. The standard InChI is InChI=1S/C15H16BrN3OS/c16-11-3-8-15(18-10-11)21-9-1-2-14(20)19-13-6-4-12(17)5-7-13/h3-8,10H,1-2,9,17H2,(H,19,20). The highest BCUT2D eigenvalue weighted by Crippen LogP contribution is 2.19. The van der Waals surface area contributed by atoms with Gasteiger partial charge in [-0.25, -0.2) is 4.98 Å². The SMILES string of the molecule is Nc1ccc(NC(=O)CCCSc2ccc(Br)cn2)cc1. The zero-order valence-corrected chi connectivity index (χ0v) is 13.8. The van der Waals surface area contributed by atoms with Crippen LogP contribution in [0.1, 0.15) is 12.8 Å². The van der Waals surface area contributed by atoms with E-state index in [1.54, 1.807) is 42.2 Å². The van der Waals surface area contributed by atoms with E-state index in [-0.39, 0.29) is 5.91 Å². The van der Waals surface area contributed by atoms with Gasteiger partial charge in [-0.1, -0.05) is 0 Å². The van der Waals surface area contributed by atoms with Crippen molar-refractivity contribution in [1.29, 1.82) is 0 Å². The summed E-state index contributed by atoms with van der Waals surface area (Å²) in [5.74, 6) is 0.883. The van der Waals surface area contributed by atoms with Crippen molar-refractivity contribution in [2.45, 2.75) is 17.9 Å². The zero-order chi connectivity index (χ0) is 15.1. The maximum atomic E-state index is 11.8. The Morgan fingerprint density at radius 2 is 2.00 bits per heavy atom. The number of nitrogens with zero attached hydrogens (tertiary/aromatic N) is 1. The molecule has 0 atom stereocenters. The molecule has 21 heavy (non-hydrogen) atoms. The number of thioether (sulfide) groups is 1. The number of nitrogens with one attached hydrogen (secondary N) is 1. The minimum atomic E-state index is 0.0177. The highest BCUT2D eigenvalue weighted by atomic mass is 79.9. The number of hydrogen-bond donors (Lipinski definition) is 2. The molecule has 0 unspecified atom stereocenters. The number of pyridine rings is 1. The normalized spacial score (nSPS) is 10.3. The van der Waals surface area contributed by atoms with Gasteiger partial charge in [0.05, 0.1) is 5.03 Å². The summed E-state index contributed by atoms with van der Waals surface area (Å²) in [6, 6.07) is 11.1. The first-order valence-corrected chi connectivity index (χ1v) is 8.31. The number of amides is 1. The first-order valence-electron chi connectivity index (χ1n) is 6.53. The van der Waals surface area contributed by atoms with Gasteiger partial charge in [-0.2, -0.15) is 0 Å². The zero-order valence-electron chi connectivity index (χ0n) is 11.4. The average molecular weight is 366 g/mol. The van der Waals surface area contributed by atoms with Gasteiger partial charge >= 0.3 is 0 Å². The van der Waals surface area contributed by atoms with Crippen molar-refractivity contribution in [2.75, 3.05) is 16.8 Å². The highest BCUT2D eigenvalue weighted by Gasteiger charge is 2.03. The lowest BCUT2D eigenvalue weighted by Crippen LogP contribution is -2.11. The van der Waals surface area contributed by atoms with Crippen LogP contribution in [0.2, 0.25) is 0 Å². The smallest absolute Gasteiger partial charge is 0.224 e. The Bertz CT molecular complexity index is 587. The van der Waals surface area contributed by atoms with Gasteiger partial charge in [0.2, 0.25) is 5.91 Å². The van der Waals surface area contributed by atoms with Gasteiger partial charge in [0, 0.05) is 28.5 Å². The molecule has 3 N–H and O–H groups in total.